The van der Waals surface area contributed by atoms with Gasteiger partial charge < -0.3 is 9.73 Å². The van der Waals surface area contributed by atoms with Gasteiger partial charge in [0.15, 0.2) is 0 Å². The number of benzene rings is 1. The van der Waals surface area contributed by atoms with Crippen LogP contribution in [0.4, 0.5) is 0 Å². The molecule has 1 N–H and O–H groups in total. The molecule has 1 unspecified atom stereocenters. The molecule has 1 aromatic heterocycles. The largest absolute Gasteiger partial charge is 0.461 e. The normalized spacial score (nSPS) is 12.7. The Bertz CT molecular complexity index is 906. The Morgan fingerprint density at radius 2 is 1.76 bits per heavy atom. The van der Waals surface area contributed by atoms with Gasteiger partial charge in [-0.05, 0) is 48.7 Å². The number of rotatable bonds is 6. The molecule has 25 heavy (non-hydrogen) atoms. The summed E-state index contributed by atoms with van der Waals surface area (Å²) >= 11 is 0. The van der Waals surface area contributed by atoms with Crippen molar-refractivity contribution in [3.05, 3.63) is 84.1 Å². The van der Waals surface area contributed by atoms with Crippen molar-refractivity contribution in [2.45, 2.75) is 25.8 Å². The first-order valence-corrected chi connectivity index (χ1v) is 9.00. The van der Waals surface area contributed by atoms with Crippen molar-refractivity contribution in [3.8, 4) is 11.1 Å². The Morgan fingerprint density at radius 3 is 2.68 bits per heavy atom. The monoisotopic (exact) mass is 329 g/mol. The Balaban J connectivity index is 1.34. The Morgan fingerprint density at radius 1 is 0.920 bits per heavy atom. The van der Waals surface area contributed by atoms with E-state index in [0.717, 1.165) is 30.7 Å². The van der Waals surface area contributed by atoms with Gasteiger partial charge in [0.2, 0.25) is 0 Å². The SMILES string of the molecule is CC(NCCCc1cc2ccccc2o1)c1ccc2cccccc1-2. The van der Waals surface area contributed by atoms with E-state index in [4.69, 9.17) is 4.42 Å². The molecule has 2 aliphatic carbocycles. The van der Waals surface area contributed by atoms with Gasteiger partial charge in [-0.3, -0.25) is 0 Å². The summed E-state index contributed by atoms with van der Waals surface area (Å²) in [5.74, 6) is 1.07. The van der Waals surface area contributed by atoms with Crippen LogP contribution in [0.1, 0.15) is 30.7 Å². The summed E-state index contributed by atoms with van der Waals surface area (Å²) in [6.07, 6.45) is 2.03. The minimum atomic E-state index is 0.343. The van der Waals surface area contributed by atoms with Crippen molar-refractivity contribution < 1.29 is 4.42 Å². The van der Waals surface area contributed by atoms with Crippen LogP contribution in [0, 0.1) is 0 Å². The van der Waals surface area contributed by atoms with Gasteiger partial charge in [0.1, 0.15) is 11.3 Å². The topological polar surface area (TPSA) is 25.2 Å². The van der Waals surface area contributed by atoms with Gasteiger partial charge in [0.05, 0.1) is 0 Å². The van der Waals surface area contributed by atoms with Crippen molar-refractivity contribution in [1.82, 2.24) is 5.32 Å². The van der Waals surface area contributed by atoms with Gasteiger partial charge in [-0.1, -0.05) is 60.7 Å². The minimum Gasteiger partial charge on any atom is -0.461 e. The van der Waals surface area contributed by atoms with E-state index in [9.17, 15) is 0 Å². The molecule has 2 heteroatoms. The Labute approximate surface area is 148 Å². The van der Waals surface area contributed by atoms with Crippen LogP contribution in [0.5, 0.6) is 0 Å². The molecule has 0 radical (unpaired) electrons. The maximum absolute atomic E-state index is 5.89. The van der Waals surface area contributed by atoms with Gasteiger partial charge >= 0.3 is 0 Å². The highest BCUT2D eigenvalue weighted by Crippen LogP contribution is 2.31. The zero-order valence-electron chi connectivity index (χ0n) is 14.5. The summed E-state index contributed by atoms with van der Waals surface area (Å²) in [5.41, 5.74) is 4.99. The highest BCUT2D eigenvalue weighted by molar-refractivity contribution is 5.77. The molecule has 126 valence electrons. The summed E-state index contributed by atoms with van der Waals surface area (Å²) in [5, 5.41) is 4.84. The van der Waals surface area contributed by atoms with E-state index in [2.05, 4.69) is 72.9 Å². The Kier molecular flexibility index (Phi) is 4.53. The summed E-state index contributed by atoms with van der Waals surface area (Å²) in [4.78, 5) is 0. The van der Waals surface area contributed by atoms with Crippen LogP contribution < -0.4 is 5.32 Å². The van der Waals surface area contributed by atoms with Gasteiger partial charge in [-0.25, -0.2) is 0 Å². The fraction of sp³-hybridized carbons (Fsp3) is 0.217. The smallest absolute Gasteiger partial charge is 0.134 e. The van der Waals surface area contributed by atoms with Crippen LogP contribution in [-0.4, -0.2) is 6.54 Å². The zero-order chi connectivity index (χ0) is 17.1. The fourth-order valence-electron chi connectivity index (χ4n) is 3.47. The first-order valence-electron chi connectivity index (χ1n) is 9.00. The minimum absolute atomic E-state index is 0.343. The molecule has 1 aromatic carbocycles. The quantitative estimate of drug-likeness (QED) is 0.451. The molecule has 0 spiro atoms. The van der Waals surface area contributed by atoms with E-state index in [1.54, 1.807) is 0 Å². The second-order valence-corrected chi connectivity index (χ2v) is 6.60. The first-order chi connectivity index (χ1) is 12.3. The number of fused-ring (bicyclic) bond motifs is 2. The van der Waals surface area contributed by atoms with Gasteiger partial charge in [0, 0.05) is 17.8 Å². The van der Waals surface area contributed by atoms with E-state index in [-0.39, 0.29) is 0 Å². The van der Waals surface area contributed by atoms with Crippen LogP contribution in [-0.2, 0) is 6.42 Å². The predicted molar refractivity (Wildman–Crippen MR) is 104 cm³/mol. The number of nitrogens with one attached hydrogen (secondary N) is 1. The highest BCUT2D eigenvalue weighted by atomic mass is 16.3. The fourth-order valence-corrected chi connectivity index (χ4v) is 3.47. The number of hydrogen-bond donors (Lipinski definition) is 1. The molecule has 0 aliphatic heterocycles. The summed E-state index contributed by atoms with van der Waals surface area (Å²) in [6.45, 7) is 3.22. The van der Waals surface area contributed by atoms with Crippen LogP contribution in [0.25, 0.3) is 22.1 Å². The third-order valence-electron chi connectivity index (χ3n) is 4.82. The summed E-state index contributed by atoms with van der Waals surface area (Å²) in [7, 11) is 0. The molecule has 2 aromatic rings. The van der Waals surface area contributed by atoms with Crippen molar-refractivity contribution >= 4 is 11.0 Å². The number of aryl methyl sites for hydroxylation is 1. The van der Waals surface area contributed by atoms with Crippen LogP contribution in [0.3, 0.4) is 0 Å². The molecule has 0 saturated carbocycles. The maximum Gasteiger partial charge on any atom is 0.134 e. The standard InChI is InChI=1S/C23H23NO/c1-17(21-14-13-18-8-3-2-4-11-22(18)21)24-15-7-10-20-16-19-9-5-6-12-23(19)25-20/h2-6,8-9,11-14,16-17,24H,7,10,15H2,1H3. The third kappa shape index (κ3) is 3.45. The van der Waals surface area contributed by atoms with E-state index in [0.29, 0.717) is 6.04 Å². The number of hydrogen-bond acceptors (Lipinski definition) is 2. The van der Waals surface area contributed by atoms with Crippen molar-refractivity contribution in [2.24, 2.45) is 0 Å². The van der Waals surface area contributed by atoms with Crippen LogP contribution in [0.15, 0.2) is 77.2 Å². The van der Waals surface area contributed by atoms with Crippen molar-refractivity contribution in [1.29, 1.82) is 0 Å². The number of para-hydroxylation sites is 1. The zero-order valence-corrected chi connectivity index (χ0v) is 14.5. The third-order valence-corrected chi connectivity index (χ3v) is 4.82. The molecule has 2 nitrogen and oxygen atoms in total. The maximum atomic E-state index is 5.89. The molecule has 0 fully saturated rings. The predicted octanol–water partition coefficient (Wildman–Crippen LogP) is 5.82. The lowest BCUT2D eigenvalue weighted by atomic mass is 10.0. The molecular formula is C23H23NO. The second-order valence-electron chi connectivity index (χ2n) is 6.60. The lowest BCUT2D eigenvalue weighted by Gasteiger charge is -2.14. The first kappa shape index (κ1) is 15.9. The van der Waals surface area contributed by atoms with Crippen molar-refractivity contribution in [3.63, 3.8) is 0 Å². The van der Waals surface area contributed by atoms with Gasteiger partial charge in [0.25, 0.3) is 0 Å². The molecule has 2 aliphatic rings. The van der Waals surface area contributed by atoms with Gasteiger partial charge in [-0.2, -0.15) is 0 Å². The van der Waals surface area contributed by atoms with E-state index < -0.39 is 0 Å². The molecular weight excluding hydrogens is 306 g/mol. The highest BCUT2D eigenvalue weighted by Gasteiger charge is 2.13. The van der Waals surface area contributed by atoms with E-state index >= 15 is 0 Å². The number of furan rings is 1. The lowest BCUT2D eigenvalue weighted by molar-refractivity contribution is 0.511. The van der Waals surface area contributed by atoms with E-state index in [1.807, 2.05) is 12.1 Å². The molecule has 0 saturated heterocycles. The molecule has 1 heterocycles. The molecule has 0 amide bonds. The second kappa shape index (κ2) is 7.12. The molecule has 0 bridgehead atoms. The van der Waals surface area contributed by atoms with Crippen LogP contribution >= 0.6 is 0 Å². The van der Waals surface area contributed by atoms with E-state index in [1.165, 1.54) is 22.1 Å². The molecule has 1 atom stereocenters. The lowest BCUT2D eigenvalue weighted by Crippen LogP contribution is -2.20. The Hall–Kier alpha value is -2.58. The average molecular weight is 329 g/mol. The molecule has 4 rings (SSSR count). The van der Waals surface area contributed by atoms with Crippen molar-refractivity contribution in [2.75, 3.05) is 6.54 Å². The summed E-state index contributed by atoms with van der Waals surface area (Å²) < 4.78 is 5.89. The summed E-state index contributed by atoms with van der Waals surface area (Å²) in [6, 6.07) is 25.8. The van der Waals surface area contributed by atoms with Crippen LogP contribution in [0.2, 0.25) is 0 Å². The average Bonchev–Trinajstić information content (AvgIpc) is 3.15. The van der Waals surface area contributed by atoms with Gasteiger partial charge in [-0.15, -0.1) is 0 Å².